The number of carbonyl (C=O) groups is 2. The highest BCUT2D eigenvalue weighted by Crippen LogP contribution is 2.07. The number of benzene rings is 1. The second-order valence-electron chi connectivity index (χ2n) is 4.56. The fourth-order valence-corrected chi connectivity index (χ4v) is 1.77. The average molecular weight is 295 g/mol. The maximum absolute atomic E-state index is 11.5. The molecule has 2 N–H and O–H groups in total. The molecule has 1 aromatic rings. The fraction of sp³-hybridized carbons (Fsp3) is 0.429. The first-order valence-corrected chi connectivity index (χ1v) is 6.55. The Labute approximate surface area is 121 Å². The third kappa shape index (κ3) is 5.05. The van der Waals surface area contributed by atoms with Crippen molar-refractivity contribution in [2.75, 3.05) is 19.8 Å². The van der Waals surface area contributed by atoms with Gasteiger partial charge >= 0.3 is 12.1 Å². The number of nitrogens with one attached hydrogen (secondary N) is 1. The van der Waals surface area contributed by atoms with Gasteiger partial charge in [-0.05, 0) is 5.56 Å². The predicted octanol–water partition coefficient (Wildman–Crippen LogP) is 0.781. The third-order valence-electron chi connectivity index (χ3n) is 2.93. The molecule has 7 heteroatoms. The molecule has 0 bridgehead atoms. The van der Waals surface area contributed by atoms with E-state index in [1.165, 1.54) is 0 Å². The molecule has 0 saturated carbocycles. The summed E-state index contributed by atoms with van der Waals surface area (Å²) in [5.41, 5.74) is 0.897. The lowest BCUT2D eigenvalue weighted by Gasteiger charge is -2.27. The van der Waals surface area contributed by atoms with E-state index >= 15 is 0 Å². The Hall–Kier alpha value is -2.12. The van der Waals surface area contributed by atoms with Crippen LogP contribution in [0.4, 0.5) is 4.79 Å². The maximum Gasteiger partial charge on any atom is 0.407 e. The Morgan fingerprint density at radius 2 is 2.00 bits per heavy atom. The molecule has 1 heterocycles. The molecule has 114 valence electrons. The van der Waals surface area contributed by atoms with Crippen molar-refractivity contribution in [2.45, 2.75) is 18.8 Å². The standard InChI is InChI=1S/C14H17NO6/c16-13(17)12-9-19-11(8-20-12)6-15-14(18)21-7-10-4-2-1-3-5-10/h1-5,11-12H,6-9H2,(H,15,18)(H,16,17)/t11-,12-/m1/s1. The van der Waals surface area contributed by atoms with Gasteiger partial charge in [0.1, 0.15) is 6.61 Å². The summed E-state index contributed by atoms with van der Waals surface area (Å²) >= 11 is 0. The van der Waals surface area contributed by atoms with Crippen LogP contribution in [0.1, 0.15) is 5.56 Å². The Balaban J connectivity index is 1.62. The fourth-order valence-electron chi connectivity index (χ4n) is 1.77. The van der Waals surface area contributed by atoms with Crippen molar-refractivity contribution >= 4 is 12.1 Å². The molecule has 0 aromatic heterocycles. The molecule has 0 aliphatic carbocycles. The quantitative estimate of drug-likeness (QED) is 0.833. The molecule has 2 rings (SSSR count). The Bertz CT molecular complexity index is 470. The van der Waals surface area contributed by atoms with Gasteiger partial charge in [0.2, 0.25) is 0 Å². The molecule has 1 aromatic carbocycles. The minimum absolute atomic E-state index is 0.0270. The number of ether oxygens (including phenoxy) is 3. The summed E-state index contributed by atoms with van der Waals surface area (Å²) in [6.45, 7) is 0.492. The largest absolute Gasteiger partial charge is 0.479 e. The van der Waals surface area contributed by atoms with Gasteiger partial charge in [0.15, 0.2) is 6.10 Å². The molecule has 0 radical (unpaired) electrons. The zero-order valence-electron chi connectivity index (χ0n) is 11.4. The Morgan fingerprint density at radius 3 is 2.62 bits per heavy atom. The lowest BCUT2D eigenvalue weighted by molar-refractivity contribution is -0.174. The summed E-state index contributed by atoms with van der Waals surface area (Å²) < 4.78 is 15.4. The normalized spacial score (nSPS) is 21.5. The van der Waals surface area contributed by atoms with Gasteiger partial charge in [0.05, 0.1) is 19.3 Å². The molecule has 1 amide bonds. The summed E-state index contributed by atoms with van der Waals surface area (Å²) in [5.74, 6) is -1.05. The minimum Gasteiger partial charge on any atom is -0.479 e. The second-order valence-corrected chi connectivity index (χ2v) is 4.56. The van der Waals surface area contributed by atoms with Gasteiger partial charge in [-0.15, -0.1) is 0 Å². The summed E-state index contributed by atoms with van der Waals surface area (Å²) in [6, 6.07) is 9.33. The third-order valence-corrected chi connectivity index (χ3v) is 2.93. The SMILES string of the molecule is O=C(NC[C@@H]1CO[C@@H](C(=O)O)CO1)OCc1ccccc1. The summed E-state index contributed by atoms with van der Waals surface area (Å²) in [5, 5.41) is 11.3. The molecular formula is C14H17NO6. The van der Waals surface area contributed by atoms with Crippen molar-refractivity contribution in [3.8, 4) is 0 Å². The van der Waals surface area contributed by atoms with Gasteiger partial charge < -0.3 is 24.6 Å². The van der Waals surface area contributed by atoms with Crippen LogP contribution in [0.15, 0.2) is 30.3 Å². The van der Waals surface area contributed by atoms with Gasteiger partial charge in [-0.3, -0.25) is 0 Å². The molecule has 0 spiro atoms. The van der Waals surface area contributed by atoms with E-state index in [2.05, 4.69) is 5.32 Å². The minimum atomic E-state index is -1.05. The molecule has 0 unspecified atom stereocenters. The number of hydrogen-bond donors (Lipinski definition) is 2. The van der Waals surface area contributed by atoms with E-state index in [0.29, 0.717) is 0 Å². The number of carbonyl (C=O) groups excluding carboxylic acids is 1. The molecular weight excluding hydrogens is 278 g/mol. The number of aliphatic carboxylic acids is 1. The van der Waals surface area contributed by atoms with Crippen LogP contribution in [0, 0.1) is 0 Å². The van der Waals surface area contributed by atoms with Crippen molar-refractivity contribution in [1.82, 2.24) is 5.32 Å². The van der Waals surface area contributed by atoms with Crippen LogP contribution in [0.5, 0.6) is 0 Å². The van der Waals surface area contributed by atoms with Gasteiger partial charge in [0, 0.05) is 6.54 Å². The van der Waals surface area contributed by atoms with Crippen LogP contribution in [-0.4, -0.2) is 49.1 Å². The van der Waals surface area contributed by atoms with E-state index < -0.39 is 18.2 Å². The zero-order valence-corrected chi connectivity index (χ0v) is 11.4. The monoisotopic (exact) mass is 295 g/mol. The first-order valence-electron chi connectivity index (χ1n) is 6.55. The molecule has 21 heavy (non-hydrogen) atoms. The highest BCUT2D eigenvalue weighted by molar-refractivity contribution is 5.72. The first kappa shape index (κ1) is 15.3. The zero-order chi connectivity index (χ0) is 15.1. The lowest BCUT2D eigenvalue weighted by Crippen LogP contribution is -2.45. The van der Waals surface area contributed by atoms with Crippen LogP contribution in [0.3, 0.4) is 0 Å². The molecule has 1 fully saturated rings. The van der Waals surface area contributed by atoms with Gasteiger partial charge in [-0.1, -0.05) is 30.3 Å². The van der Waals surface area contributed by atoms with E-state index in [-0.39, 0.29) is 32.5 Å². The topological polar surface area (TPSA) is 94.1 Å². The van der Waals surface area contributed by atoms with Crippen LogP contribution < -0.4 is 5.32 Å². The van der Waals surface area contributed by atoms with Gasteiger partial charge in [0.25, 0.3) is 0 Å². The number of rotatable bonds is 5. The van der Waals surface area contributed by atoms with Crippen LogP contribution in [-0.2, 0) is 25.6 Å². The van der Waals surface area contributed by atoms with Crippen LogP contribution in [0.2, 0.25) is 0 Å². The maximum atomic E-state index is 11.5. The van der Waals surface area contributed by atoms with E-state index in [1.807, 2.05) is 30.3 Å². The van der Waals surface area contributed by atoms with Crippen molar-refractivity contribution in [2.24, 2.45) is 0 Å². The average Bonchev–Trinajstić information content (AvgIpc) is 2.52. The van der Waals surface area contributed by atoms with Crippen molar-refractivity contribution < 1.29 is 28.9 Å². The summed E-state index contributed by atoms with van der Waals surface area (Å²) in [7, 11) is 0. The predicted molar refractivity (Wildman–Crippen MR) is 71.7 cm³/mol. The van der Waals surface area contributed by atoms with E-state index in [0.717, 1.165) is 5.56 Å². The number of carboxylic acid groups (broad SMARTS) is 1. The van der Waals surface area contributed by atoms with E-state index in [9.17, 15) is 9.59 Å². The smallest absolute Gasteiger partial charge is 0.407 e. The summed E-state index contributed by atoms with van der Waals surface area (Å²) in [6.07, 6.45) is -1.86. The van der Waals surface area contributed by atoms with E-state index in [1.54, 1.807) is 0 Å². The lowest BCUT2D eigenvalue weighted by atomic mass is 10.2. The van der Waals surface area contributed by atoms with Crippen molar-refractivity contribution in [3.05, 3.63) is 35.9 Å². The second kappa shape index (κ2) is 7.61. The van der Waals surface area contributed by atoms with Gasteiger partial charge in [-0.25, -0.2) is 9.59 Å². The number of alkyl carbamates (subject to hydrolysis) is 1. The highest BCUT2D eigenvalue weighted by atomic mass is 16.6. The van der Waals surface area contributed by atoms with Gasteiger partial charge in [-0.2, -0.15) is 0 Å². The number of carboxylic acids is 1. The van der Waals surface area contributed by atoms with Crippen molar-refractivity contribution in [3.63, 3.8) is 0 Å². The molecule has 1 aliphatic rings. The molecule has 2 atom stereocenters. The number of amides is 1. The summed E-state index contributed by atoms with van der Waals surface area (Å²) in [4.78, 5) is 22.2. The van der Waals surface area contributed by atoms with Crippen LogP contribution >= 0.6 is 0 Å². The molecule has 1 aliphatic heterocycles. The first-order chi connectivity index (χ1) is 10.1. The van der Waals surface area contributed by atoms with E-state index in [4.69, 9.17) is 19.3 Å². The highest BCUT2D eigenvalue weighted by Gasteiger charge is 2.27. The van der Waals surface area contributed by atoms with Crippen molar-refractivity contribution in [1.29, 1.82) is 0 Å². The number of hydrogen-bond acceptors (Lipinski definition) is 5. The van der Waals surface area contributed by atoms with Crippen LogP contribution in [0.25, 0.3) is 0 Å². The Morgan fingerprint density at radius 1 is 1.24 bits per heavy atom. The Kier molecular flexibility index (Phi) is 5.53. The molecule has 7 nitrogen and oxygen atoms in total. The molecule has 1 saturated heterocycles.